The number of nitrogens with zero attached hydrogens (tertiary/aromatic N) is 1. The van der Waals surface area contributed by atoms with Crippen LogP contribution in [0.25, 0.3) is 0 Å². The van der Waals surface area contributed by atoms with Gasteiger partial charge >= 0.3 is 5.97 Å². The van der Waals surface area contributed by atoms with Crippen molar-refractivity contribution in [3.63, 3.8) is 0 Å². The number of halogens is 2. The molecule has 1 aliphatic rings. The Labute approximate surface area is 141 Å². The maximum absolute atomic E-state index is 12.0. The normalized spacial score (nSPS) is 19.3. The van der Waals surface area contributed by atoms with E-state index in [4.69, 9.17) is 16.7 Å². The van der Waals surface area contributed by atoms with Crippen molar-refractivity contribution in [2.75, 3.05) is 19.6 Å². The molecule has 2 N–H and O–H groups in total. The van der Waals surface area contributed by atoms with Crippen LogP contribution in [0.15, 0.2) is 24.3 Å². The third-order valence-electron chi connectivity index (χ3n) is 3.74. The van der Waals surface area contributed by atoms with E-state index in [0.717, 1.165) is 5.56 Å². The molecule has 5 nitrogen and oxygen atoms in total. The minimum Gasteiger partial charge on any atom is -0.481 e. The number of carboxylic acid groups (broad SMARTS) is 1. The molecule has 2 rings (SSSR count). The summed E-state index contributed by atoms with van der Waals surface area (Å²) < 4.78 is 0. The number of benzene rings is 1. The van der Waals surface area contributed by atoms with Gasteiger partial charge < -0.3 is 10.4 Å². The van der Waals surface area contributed by atoms with E-state index < -0.39 is 5.97 Å². The van der Waals surface area contributed by atoms with Crippen LogP contribution in [0.4, 0.5) is 0 Å². The molecule has 1 fully saturated rings. The molecule has 0 saturated carbocycles. The summed E-state index contributed by atoms with van der Waals surface area (Å²) >= 11 is 5.83. The van der Waals surface area contributed by atoms with Crippen molar-refractivity contribution in [2.45, 2.75) is 19.4 Å². The van der Waals surface area contributed by atoms with Crippen molar-refractivity contribution in [3.05, 3.63) is 34.9 Å². The zero-order valence-corrected chi connectivity index (χ0v) is 13.9. The monoisotopic (exact) mass is 346 g/mol. The first-order valence-electron chi connectivity index (χ1n) is 6.95. The highest BCUT2D eigenvalue weighted by molar-refractivity contribution is 6.30. The molecular weight excluding hydrogens is 327 g/mol. The molecule has 7 heteroatoms. The van der Waals surface area contributed by atoms with Crippen molar-refractivity contribution in [3.8, 4) is 0 Å². The fraction of sp³-hybridized carbons (Fsp3) is 0.467. The van der Waals surface area contributed by atoms with E-state index in [0.29, 0.717) is 24.5 Å². The summed E-state index contributed by atoms with van der Waals surface area (Å²) in [6, 6.07) is 7.23. The molecule has 1 amide bonds. The average molecular weight is 347 g/mol. The maximum Gasteiger partial charge on any atom is 0.307 e. The van der Waals surface area contributed by atoms with Gasteiger partial charge in [0.05, 0.1) is 18.5 Å². The molecule has 0 radical (unpaired) electrons. The standard InChI is InChI=1S/C15H19ClN2O3.ClH/c1-10(11-2-4-13(16)5-3-11)17-14(19)9-18-7-6-12(8-18)15(20)21;/h2-5,10,12H,6-9H2,1H3,(H,17,19)(H,20,21);1H. The van der Waals surface area contributed by atoms with Crippen molar-refractivity contribution in [1.82, 2.24) is 10.2 Å². The predicted octanol–water partition coefficient (Wildman–Crippen LogP) is 2.35. The molecule has 1 heterocycles. The lowest BCUT2D eigenvalue weighted by molar-refractivity contribution is -0.141. The lowest BCUT2D eigenvalue weighted by Crippen LogP contribution is -2.37. The number of hydrogen-bond acceptors (Lipinski definition) is 3. The van der Waals surface area contributed by atoms with Crippen LogP contribution < -0.4 is 5.32 Å². The van der Waals surface area contributed by atoms with Crippen LogP contribution in [0.3, 0.4) is 0 Å². The quantitative estimate of drug-likeness (QED) is 0.858. The summed E-state index contributed by atoms with van der Waals surface area (Å²) in [5.74, 6) is -1.23. The largest absolute Gasteiger partial charge is 0.481 e. The number of hydrogen-bond donors (Lipinski definition) is 2. The van der Waals surface area contributed by atoms with Crippen molar-refractivity contribution in [2.24, 2.45) is 5.92 Å². The zero-order chi connectivity index (χ0) is 15.4. The summed E-state index contributed by atoms with van der Waals surface area (Å²) in [4.78, 5) is 24.8. The molecule has 122 valence electrons. The molecule has 1 aromatic carbocycles. The molecule has 0 bridgehead atoms. The van der Waals surface area contributed by atoms with Crippen LogP contribution in [0.5, 0.6) is 0 Å². The molecule has 2 atom stereocenters. The van der Waals surface area contributed by atoms with Crippen LogP contribution in [-0.2, 0) is 9.59 Å². The minimum atomic E-state index is -0.785. The second kappa shape index (κ2) is 8.36. The predicted molar refractivity (Wildman–Crippen MR) is 87.4 cm³/mol. The Morgan fingerprint density at radius 3 is 2.59 bits per heavy atom. The first-order chi connectivity index (χ1) is 9.95. The summed E-state index contributed by atoms with van der Waals surface area (Å²) in [7, 11) is 0. The van der Waals surface area contributed by atoms with Gasteiger partial charge in [-0.05, 0) is 37.6 Å². The first kappa shape index (κ1) is 18.7. The van der Waals surface area contributed by atoms with Crippen LogP contribution in [-0.4, -0.2) is 41.5 Å². The smallest absolute Gasteiger partial charge is 0.307 e. The van der Waals surface area contributed by atoms with Crippen molar-refractivity contribution < 1.29 is 14.7 Å². The molecule has 0 aliphatic carbocycles. The van der Waals surface area contributed by atoms with Crippen LogP contribution >= 0.6 is 24.0 Å². The Morgan fingerprint density at radius 2 is 2.05 bits per heavy atom. The number of nitrogens with one attached hydrogen (secondary N) is 1. The topological polar surface area (TPSA) is 69.6 Å². The number of carbonyl (C=O) groups excluding carboxylic acids is 1. The highest BCUT2D eigenvalue weighted by atomic mass is 35.5. The van der Waals surface area contributed by atoms with E-state index in [9.17, 15) is 9.59 Å². The first-order valence-corrected chi connectivity index (χ1v) is 7.33. The second-order valence-corrected chi connectivity index (χ2v) is 5.84. The molecule has 1 aromatic rings. The fourth-order valence-electron chi connectivity index (χ4n) is 2.50. The second-order valence-electron chi connectivity index (χ2n) is 5.40. The average Bonchev–Trinajstić information content (AvgIpc) is 2.87. The van der Waals surface area contributed by atoms with E-state index in [1.54, 1.807) is 12.1 Å². The van der Waals surface area contributed by atoms with Gasteiger partial charge in [0, 0.05) is 11.6 Å². The number of aliphatic carboxylic acids is 1. The van der Waals surface area contributed by atoms with Gasteiger partial charge in [-0.2, -0.15) is 0 Å². The molecule has 22 heavy (non-hydrogen) atoms. The fourth-order valence-corrected chi connectivity index (χ4v) is 2.63. The maximum atomic E-state index is 12.0. The zero-order valence-electron chi connectivity index (χ0n) is 12.3. The van der Waals surface area contributed by atoms with Gasteiger partial charge in [-0.25, -0.2) is 0 Å². The molecule has 1 aliphatic heterocycles. The van der Waals surface area contributed by atoms with Gasteiger partial charge in [0.15, 0.2) is 0 Å². The summed E-state index contributed by atoms with van der Waals surface area (Å²) in [6.07, 6.45) is 0.606. The Hall–Kier alpha value is -1.30. The van der Waals surface area contributed by atoms with Gasteiger partial charge in [-0.1, -0.05) is 23.7 Å². The summed E-state index contributed by atoms with van der Waals surface area (Å²) in [5.41, 5.74) is 0.984. The molecule has 0 spiro atoms. The lowest BCUT2D eigenvalue weighted by atomic mass is 10.1. The van der Waals surface area contributed by atoms with E-state index >= 15 is 0 Å². The Balaban J connectivity index is 0.00000242. The number of carbonyl (C=O) groups is 2. The third-order valence-corrected chi connectivity index (χ3v) is 3.99. The Morgan fingerprint density at radius 1 is 1.41 bits per heavy atom. The molecular formula is C15H20Cl2N2O3. The number of likely N-dealkylation sites (tertiary alicyclic amines) is 1. The van der Waals surface area contributed by atoms with Gasteiger partial charge in [0.2, 0.25) is 5.91 Å². The number of amides is 1. The molecule has 0 aromatic heterocycles. The lowest BCUT2D eigenvalue weighted by Gasteiger charge is -2.18. The third kappa shape index (κ3) is 5.16. The van der Waals surface area contributed by atoms with E-state index in [1.807, 2.05) is 24.0 Å². The molecule has 2 unspecified atom stereocenters. The van der Waals surface area contributed by atoms with Crippen molar-refractivity contribution in [1.29, 1.82) is 0 Å². The van der Waals surface area contributed by atoms with Gasteiger partial charge in [0.25, 0.3) is 0 Å². The van der Waals surface area contributed by atoms with E-state index in [-0.39, 0.29) is 36.8 Å². The van der Waals surface area contributed by atoms with Crippen molar-refractivity contribution >= 4 is 35.9 Å². The van der Waals surface area contributed by atoms with Gasteiger partial charge in [-0.3, -0.25) is 14.5 Å². The van der Waals surface area contributed by atoms with Crippen LogP contribution in [0.2, 0.25) is 5.02 Å². The number of rotatable bonds is 5. The van der Waals surface area contributed by atoms with Gasteiger partial charge in [0.1, 0.15) is 0 Å². The van der Waals surface area contributed by atoms with E-state index in [1.165, 1.54) is 0 Å². The SMILES string of the molecule is CC(NC(=O)CN1CCC(C(=O)O)C1)c1ccc(Cl)cc1.Cl. The highest BCUT2D eigenvalue weighted by Gasteiger charge is 2.29. The van der Waals surface area contributed by atoms with Crippen LogP contribution in [0, 0.1) is 5.92 Å². The summed E-state index contributed by atoms with van der Waals surface area (Å²) in [5, 5.41) is 12.5. The highest BCUT2D eigenvalue weighted by Crippen LogP contribution is 2.17. The van der Waals surface area contributed by atoms with Gasteiger partial charge in [-0.15, -0.1) is 12.4 Å². The Bertz CT molecular complexity index is 522. The minimum absolute atomic E-state index is 0. The Kier molecular flexibility index (Phi) is 7.13. The molecule has 1 saturated heterocycles. The summed E-state index contributed by atoms with van der Waals surface area (Å²) in [6.45, 7) is 3.24. The van der Waals surface area contributed by atoms with Crippen LogP contribution in [0.1, 0.15) is 24.9 Å². The number of carboxylic acids is 1. The van der Waals surface area contributed by atoms with E-state index in [2.05, 4.69) is 5.32 Å².